The van der Waals surface area contributed by atoms with Gasteiger partial charge >= 0.3 is 0 Å². The number of aromatic nitrogens is 4. The van der Waals surface area contributed by atoms with Gasteiger partial charge in [-0.25, -0.2) is 4.98 Å². The smallest absolute Gasteiger partial charge is 0.278 e. The molecule has 0 aliphatic rings. The summed E-state index contributed by atoms with van der Waals surface area (Å²) >= 11 is 7.29. The van der Waals surface area contributed by atoms with Gasteiger partial charge in [0.05, 0.1) is 11.7 Å². The van der Waals surface area contributed by atoms with Crippen molar-refractivity contribution >= 4 is 54.5 Å². The minimum atomic E-state index is -3.85. The molecule has 0 fully saturated rings. The van der Waals surface area contributed by atoms with Gasteiger partial charge in [-0.1, -0.05) is 11.6 Å². The number of anilines is 1. The summed E-state index contributed by atoms with van der Waals surface area (Å²) in [6.07, 6.45) is 3.24. The van der Waals surface area contributed by atoms with E-state index in [4.69, 9.17) is 11.6 Å². The number of aromatic amines is 1. The molecule has 0 atom stereocenters. The van der Waals surface area contributed by atoms with Crippen molar-refractivity contribution < 1.29 is 8.42 Å². The second kappa shape index (κ2) is 4.70. The summed E-state index contributed by atoms with van der Waals surface area (Å²) < 4.78 is 29.2. The van der Waals surface area contributed by atoms with Gasteiger partial charge in [0.1, 0.15) is 0 Å². The van der Waals surface area contributed by atoms with Crippen LogP contribution in [0.5, 0.6) is 0 Å². The van der Waals surface area contributed by atoms with E-state index < -0.39 is 10.0 Å². The Bertz CT molecular complexity index is 1100. The number of halogens is 1. The molecule has 4 rings (SSSR count). The van der Waals surface area contributed by atoms with Crippen LogP contribution < -0.4 is 4.72 Å². The Kier molecular flexibility index (Phi) is 2.90. The Balaban J connectivity index is 1.80. The van der Waals surface area contributed by atoms with Crippen LogP contribution in [0.4, 0.5) is 5.69 Å². The van der Waals surface area contributed by atoms with Crippen LogP contribution in [0.1, 0.15) is 0 Å². The SMILES string of the molecule is O=S(=O)(Nc1ccc2[nH]ncc2c1)c1c(Cl)nc2sccn12. The van der Waals surface area contributed by atoms with E-state index in [1.54, 1.807) is 36.0 Å². The third kappa shape index (κ3) is 2.05. The van der Waals surface area contributed by atoms with E-state index in [-0.39, 0.29) is 10.2 Å². The molecule has 0 saturated heterocycles. The summed E-state index contributed by atoms with van der Waals surface area (Å²) in [5.74, 6) is 0. The van der Waals surface area contributed by atoms with Gasteiger partial charge in [-0.15, -0.1) is 11.3 Å². The fourth-order valence-electron chi connectivity index (χ4n) is 2.19. The fourth-order valence-corrected chi connectivity index (χ4v) is 4.69. The summed E-state index contributed by atoms with van der Waals surface area (Å²) in [6.45, 7) is 0. The first kappa shape index (κ1) is 13.6. The lowest BCUT2D eigenvalue weighted by atomic mass is 10.2. The highest BCUT2D eigenvalue weighted by atomic mass is 35.5. The lowest BCUT2D eigenvalue weighted by Gasteiger charge is -2.07. The van der Waals surface area contributed by atoms with Crippen molar-refractivity contribution in [1.82, 2.24) is 19.6 Å². The van der Waals surface area contributed by atoms with Gasteiger partial charge in [0.2, 0.25) is 0 Å². The molecular formula is C12H8ClN5O2S2. The largest absolute Gasteiger partial charge is 0.281 e. The number of sulfonamides is 1. The molecule has 3 heterocycles. The van der Waals surface area contributed by atoms with Crippen molar-refractivity contribution in [3.8, 4) is 0 Å². The highest BCUT2D eigenvalue weighted by Gasteiger charge is 2.25. The molecule has 0 radical (unpaired) electrons. The van der Waals surface area contributed by atoms with Gasteiger partial charge in [-0.2, -0.15) is 13.5 Å². The molecule has 0 bridgehead atoms. The maximum Gasteiger partial charge on any atom is 0.281 e. The van der Waals surface area contributed by atoms with Crippen LogP contribution in [0.15, 0.2) is 41.0 Å². The maximum atomic E-state index is 12.6. The molecule has 0 unspecified atom stereocenters. The van der Waals surface area contributed by atoms with Crippen molar-refractivity contribution in [1.29, 1.82) is 0 Å². The average Bonchev–Trinajstić information content (AvgIpc) is 3.11. The van der Waals surface area contributed by atoms with Crippen molar-refractivity contribution in [2.75, 3.05) is 4.72 Å². The first-order valence-electron chi connectivity index (χ1n) is 6.11. The van der Waals surface area contributed by atoms with Crippen LogP contribution in [0, 0.1) is 0 Å². The number of rotatable bonds is 3. The predicted octanol–water partition coefficient (Wildman–Crippen LogP) is 2.73. The third-order valence-corrected chi connectivity index (χ3v) is 5.66. The molecule has 10 heteroatoms. The highest BCUT2D eigenvalue weighted by molar-refractivity contribution is 7.92. The van der Waals surface area contributed by atoms with E-state index in [2.05, 4.69) is 19.9 Å². The van der Waals surface area contributed by atoms with Crippen LogP contribution in [-0.2, 0) is 10.0 Å². The normalized spacial score (nSPS) is 12.2. The third-order valence-electron chi connectivity index (χ3n) is 3.13. The second-order valence-electron chi connectivity index (χ2n) is 4.54. The Morgan fingerprint density at radius 3 is 3.09 bits per heavy atom. The molecule has 0 saturated carbocycles. The number of benzene rings is 1. The lowest BCUT2D eigenvalue weighted by Crippen LogP contribution is -2.15. The first-order chi connectivity index (χ1) is 10.5. The molecule has 22 heavy (non-hydrogen) atoms. The summed E-state index contributed by atoms with van der Waals surface area (Å²) in [7, 11) is -3.85. The average molecular weight is 354 g/mol. The first-order valence-corrected chi connectivity index (χ1v) is 8.86. The number of imidazole rings is 1. The summed E-state index contributed by atoms with van der Waals surface area (Å²) in [6, 6.07) is 5.09. The van der Waals surface area contributed by atoms with Gasteiger partial charge in [0, 0.05) is 22.7 Å². The van der Waals surface area contributed by atoms with Crippen molar-refractivity contribution in [3.05, 3.63) is 41.1 Å². The van der Waals surface area contributed by atoms with E-state index in [0.717, 1.165) is 10.9 Å². The minimum Gasteiger partial charge on any atom is -0.278 e. The monoisotopic (exact) mass is 353 g/mol. The lowest BCUT2D eigenvalue weighted by molar-refractivity contribution is 0.597. The zero-order valence-corrected chi connectivity index (χ0v) is 13.2. The quantitative estimate of drug-likeness (QED) is 0.592. The van der Waals surface area contributed by atoms with Gasteiger partial charge < -0.3 is 0 Å². The number of nitrogens with one attached hydrogen (secondary N) is 2. The molecule has 0 aliphatic heterocycles. The van der Waals surface area contributed by atoms with Crippen LogP contribution in [0.3, 0.4) is 0 Å². The van der Waals surface area contributed by atoms with Gasteiger partial charge in [-0.3, -0.25) is 14.2 Å². The van der Waals surface area contributed by atoms with Crippen molar-refractivity contribution in [2.24, 2.45) is 0 Å². The van der Waals surface area contributed by atoms with Crippen molar-refractivity contribution in [3.63, 3.8) is 0 Å². The predicted molar refractivity (Wildman–Crippen MR) is 85.0 cm³/mol. The molecule has 7 nitrogen and oxygen atoms in total. The fraction of sp³-hybridized carbons (Fsp3) is 0. The van der Waals surface area contributed by atoms with Gasteiger partial charge in [0.15, 0.2) is 15.1 Å². The van der Waals surface area contributed by atoms with Crippen LogP contribution in [0.2, 0.25) is 5.15 Å². The molecule has 3 aromatic heterocycles. The molecule has 0 aliphatic carbocycles. The second-order valence-corrected chi connectivity index (χ2v) is 7.37. The van der Waals surface area contributed by atoms with E-state index in [9.17, 15) is 8.42 Å². The van der Waals surface area contributed by atoms with E-state index >= 15 is 0 Å². The molecule has 112 valence electrons. The Morgan fingerprint density at radius 1 is 1.36 bits per heavy atom. The maximum absolute atomic E-state index is 12.6. The van der Waals surface area contributed by atoms with E-state index in [1.807, 2.05) is 0 Å². The van der Waals surface area contributed by atoms with Gasteiger partial charge in [0.25, 0.3) is 10.0 Å². The molecule has 0 amide bonds. The van der Waals surface area contributed by atoms with Crippen molar-refractivity contribution in [2.45, 2.75) is 5.03 Å². The molecule has 2 N–H and O–H groups in total. The molecule has 0 spiro atoms. The van der Waals surface area contributed by atoms with Crippen LogP contribution >= 0.6 is 22.9 Å². The molecular weight excluding hydrogens is 346 g/mol. The molecule has 1 aromatic carbocycles. The zero-order valence-electron chi connectivity index (χ0n) is 10.8. The summed E-state index contributed by atoms with van der Waals surface area (Å²) in [4.78, 5) is 4.56. The summed E-state index contributed by atoms with van der Waals surface area (Å²) in [5.41, 5.74) is 1.25. The van der Waals surface area contributed by atoms with E-state index in [0.29, 0.717) is 10.6 Å². The number of fused-ring (bicyclic) bond motifs is 2. The Morgan fingerprint density at radius 2 is 2.23 bits per heavy atom. The topological polar surface area (TPSA) is 92.1 Å². The van der Waals surface area contributed by atoms with Crippen LogP contribution in [-0.4, -0.2) is 28.0 Å². The minimum absolute atomic E-state index is 0.0521. The zero-order chi connectivity index (χ0) is 15.3. The number of hydrogen-bond donors (Lipinski definition) is 2. The van der Waals surface area contributed by atoms with Gasteiger partial charge in [-0.05, 0) is 18.2 Å². The number of H-pyrrole nitrogens is 1. The Hall–Kier alpha value is -2.10. The number of nitrogens with zero attached hydrogens (tertiary/aromatic N) is 3. The number of hydrogen-bond acceptors (Lipinski definition) is 5. The molecule has 4 aromatic rings. The standard InChI is InChI=1S/C12H8ClN5O2S2/c13-10-11(18-3-4-21-12(18)15-10)22(19,20)17-8-1-2-9-7(5-8)6-14-16-9/h1-6,17H,(H,14,16). The summed E-state index contributed by atoms with van der Waals surface area (Å²) in [5, 5.41) is 9.13. The highest BCUT2D eigenvalue weighted by Crippen LogP contribution is 2.27. The Labute approximate surface area is 133 Å². The van der Waals surface area contributed by atoms with Crippen LogP contribution in [0.25, 0.3) is 15.9 Å². The van der Waals surface area contributed by atoms with E-state index in [1.165, 1.54) is 15.7 Å². The number of thiazole rings is 1.